The number of carbonyl (C=O) groups is 2. The number of rotatable bonds is 6. The van der Waals surface area contributed by atoms with Gasteiger partial charge in [0.05, 0.1) is 16.3 Å². The molecule has 6 nitrogen and oxygen atoms in total. The molecule has 128 valence electrons. The van der Waals surface area contributed by atoms with Crippen molar-refractivity contribution in [2.24, 2.45) is 5.92 Å². The van der Waals surface area contributed by atoms with Crippen molar-refractivity contribution in [3.05, 3.63) is 45.9 Å². The molecule has 0 atom stereocenters. The Morgan fingerprint density at radius 3 is 2.67 bits per heavy atom. The molecule has 0 saturated carbocycles. The number of benzene rings is 1. The highest BCUT2D eigenvalue weighted by atomic mass is 32.1. The second-order valence-electron chi connectivity index (χ2n) is 5.74. The number of aryl methyl sites for hydroxylation is 1. The van der Waals surface area contributed by atoms with Crippen molar-refractivity contribution in [2.75, 3.05) is 0 Å². The molecule has 0 spiro atoms. The van der Waals surface area contributed by atoms with E-state index < -0.39 is 5.91 Å². The molecule has 24 heavy (non-hydrogen) atoms. The molecule has 0 bridgehead atoms. The van der Waals surface area contributed by atoms with E-state index in [4.69, 9.17) is 4.74 Å². The summed E-state index contributed by atoms with van der Waals surface area (Å²) in [6.45, 7) is 6.08. The van der Waals surface area contributed by atoms with Crippen LogP contribution in [0.4, 0.5) is 0 Å². The lowest BCUT2D eigenvalue weighted by Crippen LogP contribution is -2.42. The van der Waals surface area contributed by atoms with Gasteiger partial charge in [-0.2, -0.15) is 0 Å². The summed E-state index contributed by atoms with van der Waals surface area (Å²) in [4.78, 5) is 28.2. The zero-order chi connectivity index (χ0) is 17.5. The molecule has 1 aromatic heterocycles. The Labute approximate surface area is 145 Å². The zero-order valence-corrected chi connectivity index (χ0v) is 14.8. The topological polar surface area (TPSA) is 80.3 Å². The first kappa shape index (κ1) is 17.9. The molecule has 1 heterocycles. The van der Waals surface area contributed by atoms with Crippen LogP contribution in [0, 0.1) is 12.8 Å². The standard InChI is InChI=1S/C17H21N3O3S/c1-11(2)8-16(21)19-20-17(22)14-6-4-5-7-15(14)23-9-13-10-24-12(3)18-13/h4-7,10-11H,8-9H2,1-3H3,(H,19,21)(H,20,22). The fourth-order valence-electron chi connectivity index (χ4n) is 2.02. The number of hydrogen-bond donors (Lipinski definition) is 2. The average Bonchev–Trinajstić information content (AvgIpc) is 2.96. The van der Waals surface area contributed by atoms with Gasteiger partial charge in [-0.1, -0.05) is 26.0 Å². The van der Waals surface area contributed by atoms with Crippen LogP contribution in [0.5, 0.6) is 5.75 Å². The van der Waals surface area contributed by atoms with Gasteiger partial charge < -0.3 is 4.74 Å². The SMILES string of the molecule is Cc1nc(COc2ccccc2C(=O)NNC(=O)CC(C)C)cs1. The molecule has 2 rings (SSSR count). The predicted octanol–water partition coefficient (Wildman–Crippen LogP) is 2.84. The number of para-hydroxylation sites is 1. The lowest BCUT2D eigenvalue weighted by Gasteiger charge is -2.12. The quantitative estimate of drug-likeness (QED) is 0.788. The van der Waals surface area contributed by atoms with Crippen LogP contribution in [0.3, 0.4) is 0 Å². The summed E-state index contributed by atoms with van der Waals surface area (Å²) in [5.41, 5.74) is 6.00. The number of ether oxygens (including phenoxy) is 1. The maximum atomic E-state index is 12.3. The molecule has 7 heteroatoms. The maximum absolute atomic E-state index is 12.3. The van der Waals surface area contributed by atoms with Crippen LogP contribution in [0.1, 0.15) is 41.3 Å². The number of aromatic nitrogens is 1. The van der Waals surface area contributed by atoms with Gasteiger partial charge in [-0.3, -0.25) is 20.4 Å². The van der Waals surface area contributed by atoms with Gasteiger partial charge in [0.2, 0.25) is 5.91 Å². The van der Waals surface area contributed by atoms with Gasteiger partial charge in [0.15, 0.2) is 0 Å². The Morgan fingerprint density at radius 1 is 1.25 bits per heavy atom. The van der Waals surface area contributed by atoms with E-state index in [9.17, 15) is 9.59 Å². The van der Waals surface area contributed by atoms with Crippen LogP contribution in [0.15, 0.2) is 29.6 Å². The highest BCUT2D eigenvalue weighted by Crippen LogP contribution is 2.19. The minimum absolute atomic E-state index is 0.221. The number of hydrogen-bond acceptors (Lipinski definition) is 5. The van der Waals surface area contributed by atoms with Crippen LogP contribution >= 0.6 is 11.3 Å². The molecule has 2 N–H and O–H groups in total. The lowest BCUT2D eigenvalue weighted by molar-refractivity contribution is -0.122. The van der Waals surface area contributed by atoms with Crippen LogP contribution in [0.25, 0.3) is 0 Å². The smallest absolute Gasteiger partial charge is 0.273 e. The van der Waals surface area contributed by atoms with E-state index in [0.717, 1.165) is 10.7 Å². The van der Waals surface area contributed by atoms with Crippen LogP contribution in [-0.2, 0) is 11.4 Å². The van der Waals surface area contributed by atoms with Crippen molar-refractivity contribution in [1.82, 2.24) is 15.8 Å². The molecule has 2 aromatic rings. The molecule has 2 amide bonds. The molecular formula is C17H21N3O3S. The predicted molar refractivity (Wildman–Crippen MR) is 92.7 cm³/mol. The van der Waals surface area contributed by atoms with E-state index in [1.165, 1.54) is 0 Å². The van der Waals surface area contributed by atoms with E-state index in [2.05, 4.69) is 15.8 Å². The Kier molecular flexibility index (Phi) is 6.31. The van der Waals surface area contributed by atoms with Crippen molar-refractivity contribution in [3.63, 3.8) is 0 Å². The molecule has 0 unspecified atom stereocenters. The third kappa shape index (κ3) is 5.34. The number of nitrogens with one attached hydrogen (secondary N) is 2. The maximum Gasteiger partial charge on any atom is 0.273 e. The molecular weight excluding hydrogens is 326 g/mol. The second-order valence-corrected chi connectivity index (χ2v) is 6.81. The van der Waals surface area contributed by atoms with Gasteiger partial charge in [-0.25, -0.2) is 4.98 Å². The Balaban J connectivity index is 1.97. The van der Waals surface area contributed by atoms with Gasteiger partial charge in [-0.05, 0) is 25.0 Å². The van der Waals surface area contributed by atoms with E-state index >= 15 is 0 Å². The summed E-state index contributed by atoms with van der Waals surface area (Å²) in [6, 6.07) is 6.89. The van der Waals surface area contributed by atoms with Gasteiger partial charge in [-0.15, -0.1) is 11.3 Å². The first-order valence-corrected chi connectivity index (χ1v) is 8.55. The molecule has 1 aromatic carbocycles. The number of nitrogens with zero attached hydrogens (tertiary/aromatic N) is 1. The third-order valence-corrected chi connectivity index (χ3v) is 3.91. The average molecular weight is 347 g/mol. The normalized spacial score (nSPS) is 10.5. The molecule has 0 aliphatic heterocycles. The monoisotopic (exact) mass is 347 g/mol. The highest BCUT2D eigenvalue weighted by Gasteiger charge is 2.14. The highest BCUT2D eigenvalue weighted by molar-refractivity contribution is 7.09. The molecule has 0 radical (unpaired) electrons. The Hall–Kier alpha value is -2.41. The summed E-state index contributed by atoms with van der Waals surface area (Å²) < 4.78 is 5.70. The molecule has 0 saturated heterocycles. The fourth-order valence-corrected chi connectivity index (χ4v) is 2.62. The summed E-state index contributed by atoms with van der Waals surface area (Å²) in [6.07, 6.45) is 0.349. The number of carbonyl (C=O) groups excluding carboxylic acids is 2. The van der Waals surface area contributed by atoms with Crippen LogP contribution in [-0.4, -0.2) is 16.8 Å². The number of thiazole rings is 1. The zero-order valence-electron chi connectivity index (χ0n) is 14.0. The van der Waals surface area contributed by atoms with Crippen LogP contribution in [0.2, 0.25) is 0 Å². The van der Waals surface area contributed by atoms with E-state index in [1.807, 2.05) is 26.2 Å². The van der Waals surface area contributed by atoms with Gasteiger partial charge in [0, 0.05) is 11.8 Å². The first-order valence-electron chi connectivity index (χ1n) is 7.67. The minimum atomic E-state index is -0.419. The van der Waals surface area contributed by atoms with E-state index in [0.29, 0.717) is 17.7 Å². The first-order chi connectivity index (χ1) is 11.5. The molecule has 0 fully saturated rings. The second kappa shape index (κ2) is 8.44. The van der Waals surface area contributed by atoms with Gasteiger partial charge in [0.1, 0.15) is 12.4 Å². The van der Waals surface area contributed by atoms with Crippen molar-refractivity contribution < 1.29 is 14.3 Å². The van der Waals surface area contributed by atoms with E-state index in [1.54, 1.807) is 35.6 Å². The summed E-state index contributed by atoms with van der Waals surface area (Å²) >= 11 is 1.55. The third-order valence-electron chi connectivity index (χ3n) is 3.08. The summed E-state index contributed by atoms with van der Waals surface area (Å²) in [5.74, 6) is 0.0183. The lowest BCUT2D eigenvalue weighted by atomic mass is 10.1. The molecule has 0 aliphatic rings. The minimum Gasteiger partial charge on any atom is -0.486 e. The van der Waals surface area contributed by atoms with Crippen molar-refractivity contribution in [1.29, 1.82) is 0 Å². The summed E-state index contributed by atoms with van der Waals surface area (Å²) in [7, 11) is 0. The number of amides is 2. The number of hydrazine groups is 1. The Bertz CT molecular complexity index is 713. The Morgan fingerprint density at radius 2 is 2.00 bits per heavy atom. The van der Waals surface area contributed by atoms with Crippen molar-refractivity contribution >= 4 is 23.2 Å². The van der Waals surface area contributed by atoms with Gasteiger partial charge >= 0.3 is 0 Å². The molecule has 0 aliphatic carbocycles. The van der Waals surface area contributed by atoms with Gasteiger partial charge in [0.25, 0.3) is 5.91 Å². The van der Waals surface area contributed by atoms with Crippen molar-refractivity contribution in [3.8, 4) is 5.75 Å². The fraction of sp³-hybridized carbons (Fsp3) is 0.353. The summed E-state index contributed by atoms with van der Waals surface area (Å²) in [5, 5.41) is 2.89. The van der Waals surface area contributed by atoms with E-state index in [-0.39, 0.29) is 18.4 Å². The largest absolute Gasteiger partial charge is 0.486 e. The van der Waals surface area contributed by atoms with Crippen molar-refractivity contribution in [2.45, 2.75) is 33.8 Å². The van der Waals surface area contributed by atoms with Crippen LogP contribution < -0.4 is 15.6 Å².